The summed E-state index contributed by atoms with van der Waals surface area (Å²) in [7, 11) is 0. The van der Waals surface area contributed by atoms with Gasteiger partial charge in [-0.15, -0.1) is 0 Å². The SMILES string of the molecule is Cc1c(C(=O)O)cccc1-c1ccc(/C=N\NC(=O)c2cc3cc(Br)cc(I)c3o2)o1. The zero-order chi connectivity index (χ0) is 22.1. The number of halogens is 2. The molecule has 0 saturated heterocycles. The molecule has 2 heterocycles. The molecule has 0 bridgehead atoms. The zero-order valence-electron chi connectivity index (χ0n) is 16.0. The molecule has 2 aromatic carbocycles. The second-order valence-electron chi connectivity index (χ2n) is 6.60. The summed E-state index contributed by atoms with van der Waals surface area (Å²) in [5.41, 5.74) is 4.53. The van der Waals surface area contributed by atoms with Crippen LogP contribution in [-0.2, 0) is 0 Å². The monoisotopic (exact) mass is 592 g/mol. The molecule has 4 rings (SSSR count). The molecule has 0 fully saturated rings. The average Bonchev–Trinajstić information content (AvgIpc) is 3.35. The largest absolute Gasteiger partial charge is 0.478 e. The summed E-state index contributed by atoms with van der Waals surface area (Å²) in [6.45, 7) is 1.72. The van der Waals surface area contributed by atoms with E-state index in [2.05, 4.69) is 49.0 Å². The Balaban J connectivity index is 1.49. The van der Waals surface area contributed by atoms with Crippen LogP contribution in [0.4, 0.5) is 0 Å². The smallest absolute Gasteiger partial charge is 0.335 e. The highest BCUT2D eigenvalue weighted by atomic mass is 127. The van der Waals surface area contributed by atoms with Crippen LogP contribution in [0.1, 0.15) is 32.2 Å². The predicted octanol–water partition coefficient (Wildman–Crippen LogP) is 5.83. The van der Waals surface area contributed by atoms with E-state index in [-0.39, 0.29) is 11.3 Å². The number of carboxylic acid groups (broad SMARTS) is 1. The number of nitrogens with zero attached hydrogens (tertiary/aromatic N) is 1. The summed E-state index contributed by atoms with van der Waals surface area (Å²) in [6, 6.07) is 13.8. The molecule has 0 unspecified atom stereocenters. The summed E-state index contributed by atoms with van der Waals surface area (Å²) in [5, 5.41) is 14.0. The van der Waals surface area contributed by atoms with Gasteiger partial charge in [0.15, 0.2) is 5.76 Å². The number of carbonyl (C=O) groups excluding carboxylic acids is 1. The van der Waals surface area contributed by atoms with Crippen LogP contribution in [0, 0.1) is 10.5 Å². The molecular formula is C22H14BrIN2O5. The third-order valence-electron chi connectivity index (χ3n) is 4.57. The van der Waals surface area contributed by atoms with Gasteiger partial charge in [-0.2, -0.15) is 5.10 Å². The van der Waals surface area contributed by atoms with E-state index < -0.39 is 11.9 Å². The number of fused-ring (bicyclic) bond motifs is 1. The van der Waals surface area contributed by atoms with Crippen LogP contribution >= 0.6 is 38.5 Å². The zero-order valence-corrected chi connectivity index (χ0v) is 19.7. The lowest BCUT2D eigenvalue weighted by molar-refractivity contribution is 0.0696. The predicted molar refractivity (Wildman–Crippen MR) is 128 cm³/mol. The molecular weight excluding hydrogens is 579 g/mol. The van der Waals surface area contributed by atoms with Crippen molar-refractivity contribution in [2.75, 3.05) is 0 Å². The number of aromatic carboxylic acids is 1. The van der Waals surface area contributed by atoms with Crippen molar-refractivity contribution in [2.24, 2.45) is 5.10 Å². The third-order valence-corrected chi connectivity index (χ3v) is 5.83. The van der Waals surface area contributed by atoms with Crippen molar-refractivity contribution >= 4 is 67.6 Å². The van der Waals surface area contributed by atoms with E-state index in [0.29, 0.717) is 28.2 Å². The van der Waals surface area contributed by atoms with Crippen LogP contribution in [0.2, 0.25) is 0 Å². The Morgan fingerprint density at radius 1 is 1.16 bits per heavy atom. The Bertz CT molecular complexity index is 1360. The molecule has 1 amide bonds. The Kier molecular flexibility index (Phi) is 5.96. The number of furan rings is 2. The molecule has 0 atom stereocenters. The number of rotatable bonds is 5. The van der Waals surface area contributed by atoms with Crippen molar-refractivity contribution in [3.05, 3.63) is 79.2 Å². The lowest BCUT2D eigenvalue weighted by Crippen LogP contribution is -2.16. The van der Waals surface area contributed by atoms with E-state index in [0.717, 1.165) is 13.4 Å². The van der Waals surface area contributed by atoms with Gasteiger partial charge < -0.3 is 13.9 Å². The number of amides is 1. The minimum atomic E-state index is -0.997. The van der Waals surface area contributed by atoms with E-state index in [1.54, 1.807) is 43.3 Å². The number of nitrogens with one attached hydrogen (secondary N) is 1. The number of hydrazone groups is 1. The fraction of sp³-hybridized carbons (Fsp3) is 0.0455. The van der Waals surface area contributed by atoms with Crippen LogP contribution in [-0.4, -0.2) is 23.2 Å². The van der Waals surface area contributed by atoms with Gasteiger partial charge in [-0.05, 0) is 71.5 Å². The fourth-order valence-electron chi connectivity index (χ4n) is 3.10. The molecule has 0 spiro atoms. The van der Waals surface area contributed by atoms with Crippen LogP contribution in [0.15, 0.2) is 66.9 Å². The van der Waals surface area contributed by atoms with Crippen molar-refractivity contribution in [3.8, 4) is 11.3 Å². The summed E-state index contributed by atoms with van der Waals surface area (Å²) >= 11 is 5.56. The summed E-state index contributed by atoms with van der Waals surface area (Å²) in [4.78, 5) is 23.7. The number of hydrogen-bond donors (Lipinski definition) is 2. The van der Waals surface area contributed by atoms with Crippen LogP contribution in [0.5, 0.6) is 0 Å². The molecule has 0 aliphatic rings. The molecule has 2 N–H and O–H groups in total. The highest BCUT2D eigenvalue weighted by Crippen LogP contribution is 2.29. The van der Waals surface area contributed by atoms with E-state index >= 15 is 0 Å². The van der Waals surface area contributed by atoms with E-state index in [1.807, 2.05) is 12.1 Å². The molecule has 31 heavy (non-hydrogen) atoms. The highest BCUT2D eigenvalue weighted by Gasteiger charge is 2.15. The van der Waals surface area contributed by atoms with E-state index in [9.17, 15) is 14.7 Å². The molecule has 7 nitrogen and oxygen atoms in total. The Hall–Kier alpha value is -2.92. The second-order valence-corrected chi connectivity index (χ2v) is 8.68. The van der Waals surface area contributed by atoms with Crippen LogP contribution in [0.3, 0.4) is 0 Å². The van der Waals surface area contributed by atoms with Gasteiger partial charge in [-0.25, -0.2) is 10.2 Å². The molecule has 0 aliphatic heterocycles. The molecule has 0 radical (unpaired) electrons. The normalized spacial score (nSPS) is 11.3. The maximum Gasteiger partial charge on any atom is 0.335 e. The first-order valence-electron chi connectivity index (χ1n) is 8.98. The molecule has 2 aromatic heterocycles. The van der Waals surface area contributed by atoms with E-state index in [4.69, 9.17) is 8.83 Å². The van der Waals surface area contributed by atoms with Crippen molar-refractivity contribution in [1.82, 2.24) is 5.43 Å². The first-order valence-corrected chi connectivity index (χ1v) is 10.9. The quantitative estimate of drug-likeness (QED) is 0.172. The second kappa shape index (κ2) is 8.67. The van der Waals surface area contributed by atoms with Gasteiger partial charge in [0.05, 0.1) is 15.3 Å². The molecule has 0 aliphatic carbocycles. The maximum atomic E-state index is 12.4. The standard InChI is InChI=1S/C22H14BrIN2O5/c1-11-15(3-2-4-16(11)22(28)29)18-6-5-14(30-18)10-25-26-21(27)19-8-12-7-13(23)9-17(24)20(12)31-19/h2-10H,1H3,(H,26,27)(H,28,29)/b25-10-. The maximum absolute atomic E-state index is 12.4. The molecule has 9 heteroatoms. The number of carboxylic acids is 1. The van der Waals surface area contributed by atoms with Gasteiger partial charge in [-0.1, -0.05) is 28.1 Å². The first kappa shape index (κ1) is 21.3. The molecule has 156 valence electrons. The topological polar surface area (TPSA) is 105 Å². The lowest BCUT2D eigenvalue weighted by atomic mass is 10.0. The van der Waals surface area contributed by atoms with Gasteiger partial charge in [0, 0.05) is 15.4 Å². The van der Waals surface area contributed by atoms with Crippen molar-refractivity contribution in [1.29, 1.82) is 0 Å². The first-order chi connectivity index (χ1) is 14.8. The van der Waals surface area contributed by atoms with Gasteiger partial charge >= 0.3 is 11.9 Å². The van der Waals surface area contributed by atoms with Gasteiger partial charge in [-0.3, -0.25) is 4.79 Å². The summed E-state index contributed by atoms with van der Waals surface area (Å²) < 4.78 is 13.1. The highest BCUT2D eigenvalue weighted by molar-refractivity contribution is 14.1. The Morgan fingerprint density at radius 2 is 1.97 bits per heavy atom. The molecule has 0 saturated carbocycles. The van der Waals surface area contributed by atoms with Crippen LogP contribution < -0.4 is 5.43 Å². The van der Waals surface area contributed by atoms with E-state index in [1.165, 1.54) is 6.21 Å². The lowest BCUT2D eigenvalue weighted by Gasteiger charge is -2.05. The Morgan fingerprint density at radius 3 is 2.74 bits per heavy atom. The van der Waals surface area contributed by atoms with Crippen LogP contribution in [0.25, 0.3) is 22.3 Å². The average molecular weight is 593 g/mol. The van der Waals surface area contributed by atoms with Gasteiger partial charge in [0.25, 0.3) is 0 Å². The number of benzene rings is 2. The minimum Gasteiger partial charge on any atom is -0.478 e. The number of hydrogen-bond acceptors (Lipinski definition) is 5. The fourth-order valence-corrected chi connectivity index (χ4v) is 4.76. The number of carbonyl (C=O) groups is 2. The molecule has 4 aromatic rings. The summed E-state index contributed by atoms with van der Waals surface area (Å²) in [6.07, 6.45) is 1.36. The van der Waals surface area contributed by atoms with Gasteiger partial charge in [0.1, 0.15) is 17.1 Å². The van der Waals surface area contributed by atoms with Crippen molar-refractivity contribution in [2.45, 2.75) is 6.92 Å². The minimum absolute atomic E-state index is 0.143. The van der Waals surface area contributed by atoms with Crippen molar-refractivity contribution < 1.29 is 23.5 Å². The van der Waals surface area contributed by atoms with Gasteiger partial charge in [0.2, 0.25) is 0 Å². The summed E-state index contributed by atoms with van der Waals surface area (Å²) in [5.74, 6) is -0.437. The third kappa shape index (κ3) is 4.42. The Labute approximate surface area is 198 Å². The van der Waals surface area contributed by atoms with Crippen molar-refractivity contribution in [3.63, 3.8) is 0 Å².